The highest BCUT2D eigenvalue weighted by molar-refractivity contribution is 6.14. The van der Waals surface area contributed by atoms with Crippen molar-refractivity contribution in [2.45, 2.75) is 16.5 Å². The van der Waals surface area contributed by atoms with Gasteiger partial charge < -0.3 is 4.74 Å². The van der Waals surface area contributed by atoms with E-state index >= 15 is 0 Å². The van der Waals surface area contributed by atoms with E-state index < -0.39 is 16.5 Å². The van der Waals surface area contributed by atoms with Crippen LogP contribution in [0, 0.1) is 0 Å². The molecule has 5 nitrogen and oxygen atoms in total. The summed E-state index contributed by atoms with van der Waals surface area (Å²) in [6, 6.07) is 69.5. The van der Waals surface area contributed by atoms with Crippen molar-refractivity contribution in [3.05, 3.63) is 250 Å². The Morgan fingerprint density at radius 3 is 1.14 bits per heavy atom. The molecule has 3 spiro atoms. The van der Waals surface area contributed by atoms with Crippen molar-refractivity contribution in [1.82, 2.24) is 9.13 Å². The first-order chi connectivity index (χ1) is 32.8. The van der Waals surface area contributed by atoms with Gasteiger partial charge in [-0.05, 0) is 105 Å². The molecule has 5 heteroatoms. The van der Waals surface area contributed by atoms with Crippen molar-refractivity contribution in [2.24, 2.45) is 0 Å². The zero-order valence-electron chi connectivity index (χ0n) is 35.2. The van der Waals surface area contributed by atoms with Gasteiger partial charge in [0, 0.05) is 33.0 Å². The number of benzene rings is 8. The molecule has 8 aromatic carbocycles. The lowest BCUT2D eigenvalue weighted by molar-refractivity contribution is -0.954. The molecule has 7 aliphatic rings. The first-order valence-corrected chi connectivity index (χ1v) is 23.2. The number of aromatic nitrogens is 4. The number of hydrogen-bond acceptors (Lipinski definition) is 1. The van der Waals surface area contributed by atoms with Gasteiger partial charge in [-0.3, -0.25) is 0 Å². The Morgan fingerprint density at radius 1 is 0.333 bits per heavy atom. The summed E-state index contributed by atoms with van der Waals surface area (Å²) in [6.45, 7) is 0. The molecule has 0 radical (unpaired) electrons. The number of pyridine rings is 2. The molecule has 0 fully saturated rings. The summed E-state index contributed by atoms with van der Waals surface area (Å²) in [5, 5.41) is 5.03. The Hall–Kier alpha value is -8.54. The van der Waals surface area contributed by atoms with Gasteiger partial charge in [0.25, 0.3) is 11.3 Å². The molecule has 0 atom stereocenters. The van der Waals surface area contributed by atoms with Crippen molar-refractivity contribution in [3.63, 3.8) is 0 Å². The molecule has 19 rings (SSSR count). The third-order valence-corrected chi connectivity index (χ3v) is 17.3. The predicted molar refractivity (Wildman–Crippen MR) is 255 cm³/mol. The third-order valence-electron chi connectivity index (χ3n) is 17.3. The van der Waals surface area contributed by atoms with Crippen molar-refractivity contribution in [1.29, 1.82) is 0 Å². The number of para-hydroxylation sites is 2. The standard InChI is InChI=1S/C61H32N4O/c1-5-21-41-33(13-1)34-14-2-6-22-42(34)59(41)45-25-9-17-37-39-19-11-31-62-57(39)64(53(37)45)55-47(59)27-29-49-51(55)61(62)52-50(66-49)30-28-48-56(52)65-54-38(40-20-12-32-63(61)58(40)65)18-10-26-46(54)60(48)43-23-7-3-15-35(43)36-16-4-8-24-44(36)60/h1-32H/q+2. The topological polar surface area (TPSA) is 26.8 Å². The van der Waals surface area contributed by atoms with Crippen LogP contribution in [-0.2, 0) is 16.5 Å². The molecular weight excluding hydrogens is 805 g/mol. The second-order valence-electron chi connectivity index (χ2n) is 19.4. The summed E-state index contributed by atoms with van der Waals surface area (Å²) in [5.41, 5.74) is 23.5. The Balaban J connectivity index is 1.09. The number of nitrogens with zero attached hydrogens (tertiary/aromatic N) is 4. The fraction of sp³-hybridized carbons (Fsp3) is 0.0492. The smallest absolute Gasteiger partial charge is 0.321 e. The largest absolute Gasteiger partial charge is 0.456 e. The molecule has 9 heterocycles. The lowest BCUT2D eigenvalue weighted by Crippen LogP contribution is -2.78. The molecule has 0 N–H and O–H groups in total. The minimum absolute atomic E-state index is 0.572. The zero-order valence-corrected chi connectivity index (χ0v) is 35.2. The number of hydrogen-bond donors (Lipinski definition) is 0. The summed E-state index contributed by atoms with van der Waals surface area (Å²) < 4.78 is 18.1. The molecule has 66 heavy (non-hydrogen) atoms. The van der Waals surface area contributed by atoms with Crippen LogP contribution in [0.25, 0.3) is 77.5 Å². The van der Waals surface area contributed by atoms with Crippen molar-refractivity contribution in [3.8, 4) is 45.1 Å². The van der Waals surface area contributed by atoms with E-state index in [9.17, 15) is 0 Å². The molecule has 12 aromatic rings. The van der Waals surface area contributed by atoms with Crippen LogP contribution in [0.2, 0.25) is 0 Å². The monoisotopic (exact) mass is 836 g/mol. The summed E-state index contributed by atoms with van der Waals surface area (Å²) in [6.07, 6.45) is 4.72. The maximum absolute atomic E-state index is 7.54. The molecule has 0 unspecified atom stereocenters. The molecule has 0 bridgehead atoms. The van der Waals surface area contributed by atoms with E-state index in [0.29, 0.717) is 0 Å². The van der Waals surface area contributed by atoms with Gasteiger partial charge in [-0.25, -0.2) is 0 Å². The maximum Gasteiger partial charge on any atom is 0.321 e. The predicted octanol–water partition coefficient (Wildman–Crippen LogP) is 11.8. The summed E-state index contributed by atoms with van der Waals surface area (Å²) >= 11 is 0. The third kappa shape index (κ3) is 2.82. The molecule has 4 aromatic heterocycles. The summed E-state index contributed by atoms with van der Waals surface area (Å²) in [7, 11) is 0. The van der Waals surface area contributed by atoms with Crippen LogP contribution in [0.4, 0.5) is 0 Å². The number of ether oxygens (including phenoxy) is 1. The molecular formula is C61H32N4O+2. The lowest BCUT2D eigenvalue weighted by atomic mass is 9.63. The van der Waals surface area contributed by atoms with Crippen LogP contribution in [0.15, 0.2) is 194 Å². The van der Waals surface area contributed by atoms with E-state index in [-0.39, 0.29) is 0 Å². The van der Waals surface area contributed by atoms with Gasteiger partial charge in [-0.2, -0.15) is 18.3 Å². The fourth-order valence-electron chi connectivity index (χ4n) is 15.5. The second kappa shape index (κ2) is 9.90. The van der Waals surface area contributed by atoms with Gasteiger partial charge in [-0.1, -0.05) is 121 Å². The minimum atomic E-state index is -0.889. The summed E-state index contributed by atoms with van der Waals surface area (Å²) in [4.78, 5) is 0. The molecule has 0 saturated carbocycles. The zero-order chi connectivity index (χ0) is 42.2. The SMILES string of the molecule is c1ccc2c(c1)-c1ccccc1C21c2ccc3c4c2-n2c5c1cccc5c1ccc[n+](c12)C41c2c(ccc4c2-n2c5c(cccc5c5ccc[n+]1c52)C41c2ccccc2-c2ccccc21)O3. The van der Waals surface area contributed by atoms with Gasteiger partial charge in [0.1, 0.15) is 33.7 Å². The van der Waals surface area contributed by atoms with Crippen molar-refractivity contribution in [2.75, 3.05) is 0 Å². The summed E-state index contributed by atoms with van der Waals surface area (Å²) in [5.74, 6) is 1.79. The quantitative estimate of drug-likeness (QED) is 0.140. The Bertz CT molecular complexity index is 4090. The van der Waals surface area contributed by atoms with Crippen LogP contribution >= 0.6 is 0 Å². The highest BCUT2D eigenvalue weighted by Gasteiger charge is 2.69. The molecule has 2 aliphatic carbocycles. The van der Waals surface area contributed by atoms with E-state index in [1.165, 1.54) is 133 Å². The second-order valence-corrected chi connectivity index (χ2v) is 19.4. The van der Waals surface area contributed by atoms with E-state index in [1.54, 1.807) is 0 Å². The molecule has 300 valence electrons. The van der Waals surface area contributed by atoms with Crippen LogP contribution in [-0.4, -0.2) is 9.13 Å². The first kappa shape index (κ1) is 32.2. The van der Waals surface area contributed by atoms with Crippen molar-refractivity contribution < 1.29 is 13.9 Å². The van der Waals surface area contributed by atoms with Gasteiger partial charge >= 0.3 is 5.66 Å². The van der Waals surface area contributed by atoms with E-state index in [2.05, 4.69) is 213 Å². The Morgan fingerprint density at radius 2 is 0.712 bits per heavy atom. The maximum atomic E-state index is 7.54. The van der Waals surface area contributed by atoms with Crippen LogP contribution in [0.5, 0.6) is 11.5 Å². The van der Waals surface area contributed by atoms with E-state index in [0.717, 1.165) is 11.5 Å². The average Bonchev–Trinajstić information content (AvgIpc) is 4.09. The average molecular weight is 837 g/mol. The van der Waals surface area contributed by atoms with Crippen LogP contribution < -0.4 is 13.9 Å². The van der Waals surface area contributed by atoms with E-state index in [1.807, 2.05) is 0 Å². The van der Waals surface area contributed by atoms with Gasteiger partial charge in [0.2, 0.25) is 0 Å². The fourth-order valence-corrected chi connectivity index (χ4v) is 15.5. The van der Waals surface area contributed by atoms with Gasteiger partial charge in [0.05, 0.1) is 34.0 Å². The minimum Gasteiger partial charge on any atom is -0.456 e. The highest BCUT2D eigenvalue weighted by Crippen LogP contribution is 2.68. The number of rotatable bonds is 0. The van der Waals surface area contributed by atoms with Crippen LogP contribution in [0.1, 0.15) is 55.6 Å². The Labute approximate surface area is 376 Å². The van der Waals surface area contributed by atoms with Gasteiger partial charge in [-0.15, -0.1) is 0 Å². The highest BCUT2D eigenvalue weighted by atomic mass is 16.5. The lowest BCUT2D eigenvalue weighted by Gasteiger charge is -2.46. The van der Waals surface area contributed by atoms with Gasteiger partial charge in [0.15, 0.2) is 11.4 Å². The molecule has 0 amide bonds. The number of fused-ring (bicyclic) bond motifs is 16. The van der Waals surface area contributed by atoms with E-state index in [4.69, 9.17) is 4.74 Å². The molecule has 5 aliphatic heterocycles. The normalized spacial score (nSPS) is 16.7. The van der Waals surface area contributed by atoms with Crippen molar-refractivity contribution >= 4 is 43.9 Å². The first-order valence-electron chi connectivity index (χ1n) is 23.2. The molecule has 0 saturated heterocycles. The van der Waals surface area contributed by atoms with Crippen LogP contribution in [0.3, 0.4) is 0 Å². The Kier molecular flexibility index (Phi) is 4.82.